The second-order valence-electron chi connectivity index (χ2n) is 6.60. The predicted molar refractivity (Wildman–Crippen MR) is 115 cm³/mol. The molecule has 0 bridgehead atoms. The summed E-state index contributed by atoms with van der Waals surface area (Å²) in [5.41, 5.74) is 7.33. The molecule has 3 aromatic rings. The van der Waals surface area contributed by atoms with Gasteiger partial charge in [0.05, 0.1) is 10.6 Å². The van der Waals surface area contributed by atoms with Crippen LogP contribution < -0.4 is 11.1 Å². The number of ketones is 1. The second kappa shape index (κ2) is 7.62. The van der Waals surface area contributed by atoms with Crippen LogP contribution in [0.5, 0.6) is 0 Å². The molecule has 1 aliphatic rings. The number of rotatable bonds is 4. The molecule has 0 radical (unpaired) electrons. The Kier molecular flexibility index (Phi) is 5.19. The van der Waals surface area contributed by atoms with Crippen molar-refractivity contribution in [3.63, 3.8) is 0 Å². The lowest BCUT2D eigenvalue weighted by molar-refractivity contribution is -0.132. The van der Waals surface area contributed by atoms with Crippen LogP contribution in [0.2, 0.25) is 5.02 Å². The Morgan fingerprint density at radius 2 is 1.93 bits per heavy atom. The number of Topliss-reactive ketones (excluding diaryl/α,β-unsaturated/α-hetero) is 1. The maximum Gasteiger partial charge on any atom is 0.242 e. The molecule has 0 spiro atoms. The molecule has 4 nitrogen and oxygen atoms in total. The number of benzene rings is 2. The number of hydrogen-bond donors (Lipinski definition) is 2. The van der Waals surface area contributed by atoms with E-state index in [0.29, 0.717) is 15.6 Å². The van der Waals surface area contributed by atoms with Gasteiger partial charge in [0.1, 0.15) is 5.25 Å². The number of thiophene rings is 1. The molecule has 1 saturated heterocycles. The highest BCUT2D eigenvalue weighted by atomic mass is 35.5. The minimum Gasteiger partial charge on any atom is -0.399 e. The molecule has 0 unspecified atom stereocenters. The Bertz CT molecular complexity index is 1020. The molecule has 0 saturated carbocycles. The molecule has 3 N–H and O–H groups in total. The zero-order chi connectivity index (χ0) is 19.7. The van der Waals surface area contributed by atoms with Gasteiger partial charge in [0, 0.05) is 17.0 Å². The Hall–Kier alpha value is -2.28. The van der Waals surface area contributed by atoms with Crippen molar-refractivity contribution in [3.8, 4) is 0 Å². The van der Waals surface area contributed by atoms with Crippen LogP contribution in [0.25, 0.3) is 0 Å². The SMILES string of the molecule is Nc1cccc([C@]2(c3ccsc3)CC(=O)[C@@H](Sc3ccccc3Cl)C(=O)N2)c1. The van der Waals surface area contributed by atoms with Gasteiger partial charge in [-0.2, -0.15) is 11.3 Å². The number of anilines is 1. The predicted octanol–water partition coefficient (Wildman–Crippen LogP) is 4.48. The summed E-state index contributed by atoms with van der Waals surface area (Å²) in [7, 11) is 0. The van der Waals surface area contributed by atoms with Gasteiger partial charge in [-0.1, -0.05) is 35.9 Å². The van der Waals surface area contributed by atoms with E-state index in [2.05, 4.69) is 5.32 Å². The largest absolute Gasteiger partial charge is 0.399 e. The van der Waals surface area contributed by atoms with Crippen molar-refractivity contribution < 1.29 is 9.59 Å². The first-order chi connectivity index (χ1) is 13.5. The second-order valence-corrected chi connectivity index (χ2v) is 8.94. The Morgan fingerprint density at radius 1 is 1.11 bits per heavy atom. The van der Waals surface area contributed by atoms with Crippen molar-refractivity contribution in [2.45, 2.75) is 22.1 Å². The number of nitrogen functional groups attached to an aromatic ring is 1. The van der Waals surface area contributed by atoms with Gasteiger partial charge in [0.15, 0.2) is 5.78 Å². The average molecular weight is 429 g/mol. The first-order valence-corrected chi connectivity index (χ1v) is 10.8. The molecule has 142 valence electrons. The van der Waals surface area contributed by atoms with Gasteiger partial charge < -0.3 is 11.1 Å². The minimum absolute atomic E-state index is 0.137. The van der Waals surface area contributed by atoms with Crippen LogP contribution in [0.1, 0.15) is 17.5 Å². The minimum atomic E-state index is -0.916. The molecule has 0 aliphatic carbocycles. The molecular formula is C21H17ClN2O2S2. The summed E-state index contributed by atoms with van der Waals surface area (Å²) in [5, 5.41) is 6.70. The number of nitrogens with two attached hydrogens (primary N) is 1. The van der Waals surface area contributed by atoms with Crippen LogP contribution in [0.15, 0.2) is 70.3 Å². The van der Waals surface area contributed by atoms with E-state index in [1.165, 1.54) is 23.1 Å². The zero-order valence-electron chi connectivity index (χ0n) is 14.7. The van der Waals surface area contributed by atoms with Crippen molar-refractivity contribution in [2.24, 2.45) is 0 Å². The number of hydrogen-bond acceptors (Lipinski definition) is 5. The number of thioether (sulfide) groups is 1. The molecule has 1 amide bonds. The lowest BCUT2D eigenvalue weighted by atomic mass is 9.77. The van der Waals surface area contributed by atoms with Crippen LogP contribution in [-0.4, -0.2) is 16.9 Å². The average Bonchev–Trinajstić information content (AvgIpc) is 3.21. The van der Waals surface area contributed by atoms with Crippen molar-refractivity contribution in [2.75, 3.05) is 5.73 Å². The Balaban J connectivity index is 1.71. The van der Waals surface area contributed by atoms with E-state index >= 15 is 0 Å². The van der Waals surface area contributed by atoms with Gasteiger partial charge in [0.25, 0.3) is 0 Å². The molecule has 2 atom stereocenters. The molecule has 2 aromatic carbocycles. The van der Waals surface area contributed by atoms with Gasteiger partial charge in [-0.05, 0) is 52.2 Å². The highest BCUT2D eigenvalue weighted by molar-refractivity contribution is 8.01. The van der Waals surface area contributed by atoms with Crippen LogP contribution in [0, 0.1) is 0 Å². The third-order valence-electron chi connectivity index (χ3n) is 4.78. The first-order valence-electron chi connectivity index (χ1n) is 8.64. The van der Waals surface area contributed by atoms with E-state index < -0.39 is 10.8 Å². The van der Waals surface area contributed by atoms with Crippen LogP contribution in [0.3, 0.4) is 0 Å². The number of amides is 1. The van der Waals surface area contributed by atoms with Crippen molar-refractivity contribution in [3.05, 3.63) is 81.5 Å². The molecule has 1 aromatic heterocycles. The number of piperidine rings is 1. The molecule has 1 aliphatic heterocycles. The van der Waals surface area contributed by atoms with E-state index in [9.17, 15) is 9.59 Å². The molecular weight excluding hydrogens is 412 g/mol. The van der Waals surface area contributed by atoms with Crippen LogP contribution >= 0.6 is 34.7 Å². The summed E-state index contributed by atoms with van der Waals surface area (Å²) >= 11 is 8.92. The van der Waals surface area contributed by atoms with E-state index in [1.54, 1.807) is 12.1 Å². The van der Waals surface area contributed by atoms with Crippen LogP contribution in [-0.2, 0) is 15.1 Å². The fourth-order valence-electron chi connectivity index (χ4n) is 3.43. The van der Waals surface area contributed by atoms with Crippen molar-refractivity contribution in [1.29, 1.82) is 0 Å². The van der Waals surface area contributed by atoms with Gasteiger partial charge in [-0.25, -0.2) is 0 Å². The van der Waals surface area contributed by atoms with Gasteiger partial charge in [-0.15, -0.1) is 11.8 Å². The lowest BCUT2D eigenvalue weighted by Gasteiger charge is -2.40. The molecule has 7 heteroatoms. The quantitative estimate of drug-likeness (QED) is 0.474. The summed E-state index contributed by atoms with van der Waals surface area (Å²) in [4.78, 5) is 26.9. The van der Waals surface area contributed by atoms with E-state index in [0.717, 1.165) is 11.1 Å². The summed E-state index contributed by atoms with van der Waals surface area (Å²) in [6, 6.07) is 16.5. The Labute approximate surface area is 176 Å². The fraction of sp³-hybridized carbons (Fsp3) is 0.143. The third kappa shape index (κ3) is 3.43. The van der Waals surface area contributed by atoms with Crippen LogP contribution in [0.4, 0.5) is 5.69 Å². The fourth-order valence-corrected chi connectivity index (χ4v) is 5.41. The standard InChI is InChI=1S/C21H17ClN2O2S2/c22-16-6-1-2-7-18(16)28-19-17(25)11-21(24-20(19)26,14-8-9-27-12-14)13-4-3-5-15(23)10-13/h1-10,12,19H,11,23H2,(H,24,26)/t19-,21+/m1/s1. The number of nitrogens with one attached hydrogen (secondary N) is 1. The maximum atomic E-state index is 13.1. The van der Waals surface area contributed by atoms with E-state index in [4.69, 9.17) is 17.3 Å². The van der Waals surface area contributed by atoms with Crippen molar-refractivity contribution in [1.82, 2.24) is 5.32 Å². The number of halogens is 1. The summed E-state index contributed by atoms with van der Waals surface area (Å²) in [6.45, 7) is 0. The molecule has 1 fully saturated rings. The first kappa shape index (κ1) is 19.1. The number of carbonyl (C=O) groups excluding carboxylic acids is 2. The maximum absolute atomic E-state index is 13.1. The van der Waals surface area contributed by atoms with Gasteiger partial charge in [0.2, 0.25) is 5.91 Å². The summed E-state index contributed by atoms with van der Waals surface area (Å²) in [5.74, 6) is -0.461. The normalized spacial score (nSPS) is 22.1. The zero-order valence-corrected chi connectivity index (χ0v) is 17.1. The van der Waals surface area contributed by atoms with Gasteiger partial charge >= 0.3 is 0 Å². The number of carbonyl (C=O) groups is 2. The molecule has 28 heavy (non-hydrogen) atoms. The smallest absolute Gasteiger partial charge is 0.242 e. The highest BCUT2D eigenvalue weighted by Gasteiger charge is 2.47. The third-order valence-corrected chi connectivity index (χ3v) is 7.23. The van der Waals surface area contributed by atoms with E-state index in [-0.39, 0.29) is 18.1 Å². The van der Waals surface area contributed by atoms with Crippen molar-refractivity contribution >= 4 is 52.1 Å². The summed E-state index contributed by atoms with van der Waals surface area (Å²) in [6.07, 6.45) is 0.154. The van der Waals surface area contributed by atoms with Gasteiger partial charge in [-0.3, -0.25) is 9.59 Å². The molecule has 4 rings (SSSR count). The highest BCUT2D eigenvalue weighted by Crippen LogP contribution is 2.41. The Morgan fingerprint density at radius 3 is 2.61 bits per heavy atom. The van der Waals surface area contributed by atoms with E-state index in [1.807, 2.05) is 53.2 Å². The lowest BCUT2D eigenvalue weighted by Crippen LogP contribution is -2.58. The monoisotopic (exact) mass is 428 g/mol. The molecule has 2 heterocycles. The summed E-state index contributed by atoms with van der Waals surface area (Å²) < 4.78 is 0. The topological polar surface area (TPSA) is 72.2 Å².